The molecule has 3 aromatic rings. The van der Waals surface area contributed by atoms with Gasteiger partial charge >= 0.3 is 0 Å². The summed E-state index contributed by atoms with van der Waals surface area (Å²) in [5.74, 6) is 0. The van der Waals surface area contributed by atoms with Gasteiger partial charge in [0.15, 0.2) is 0 Å². The van der Waals surface area contributed by atoms with E-state index in [0.29, 0.717) is 6.54 Å². The molecule has 0 amide bonds. The van der Waals surface area contributed by atoms with Crippen LogP contribution in [0, 0.1) is 0 Å². The van der Waals surface area contributed by atoms with Gasteiger partial charge in [0, 0.05) is 40.2 Å². The minimum absolute atomic E-state index is 0.656. The van der Waals surface area contributed by atoms with Crippen molar-refractivity contribution < 1.29 is 0 Å². The van der Waals surface area contributed by atoms with Gasteiger partial charge in [-0.05, 0) is 18.7 Å². The number of hydrogen-bond acceptors (Lipinski definition) is 3. The van der Waals surface area contributed by atoms with Crippen molar-refractivity contribution in [1.29, 1.82) is 0 Å². The molecule has 0 radical (unpaired) electrons. The fourth-order valence-corrected chi connectivity index (χ4v) is 3.15. The van der Waals surface area contributed by atoms with Crippen LogP contribution in [0.15, 0.2) is 35.7 Å². The van der Waals surface area contributed by atoms with Crippen LogP contribution in [0.25, 0.3) is 21.3 Å². The van der Waals surface area contributed by atoms with Crippen molar-refractivity contribution in [1.82, 2.24) is 9.78 Å². The highest BCUT2D eigenvalue weighted by molar-refractivity contribution is 7.17. The van der Waals surface area contributed by atoms with Gasteiger partial charge < -0.3 is 5.73 Å². The molecule has 0 aliphatic heterocycles. The zero-order valence-electron chi connectivity index (χ0n) is 10.3. The van der Waals surface area contributed by atoms with Gasteiger partial charge in [0.25, 0.3) is 0 Å². The highest BCUT2D eigenvalue weighted by Gasteiger charge is 2.11. The molecule has 4 heteroatoms. The van der Waals surface area contributed by atoms with Crippen molar-refractivity contribution >= 4 is 21.4 Å². The molecule has 92 valence electrons. The van der Waals surface area contributed by atoms with Gasteiger partial charge in [-0.25, -0.2) is 0 Å². The summed E-state index contributed by atoms with van der Waals surface area (Å²) in [6.45, 7) is 0.656. The summed E-state index contributed by atoms with van der Waals surface area (Å²) in [5, 5.41) is 8.05. The van der Waals surface area contributed by atoms with Crippen molar-refractivity contribution in [2.45, 2.75) is 6.42 Å². The van der Waals surface area contributed by atoms with E-state index < -0.39 is 0 Å². The summed E-state index contributed by atoms with van der Waals surface area (Å²) in [6.07, 6.45) is 0.867. The first-order valence-corrected chi connectivity index (χ1v) is 6.87. The fourth-order valence-electron chi connectivity index (χ4n) is 2.20. The average Bonchev–Trinajstić information content (AvgIpc) is 2.94. The molecule has 0 saturated heterocycles. The summed E-state index contributed by atoms with van der Waals surface area (Å²) >= 11 is 1.76. The average molecular weight is 257 g/mol. The molecule has 2 aromatic heterocycles. The Balaban J connectivity index is 2.11. The topological polar surface area (TPSA) is 43.8 Å². The second-order valence-corrected chi connectivity index (χ2v) is 5.24. The molecule has 0 bridgehead atoms. The van der Waals surface area contributed by atoms with Crippen molar-refractivity contribution in [3.05, 3.63) is 41.4 Å². The molecule has 2 heterocycles. The Morgan fingerprint density at radius 2 is 2.17 bits per heavy atom. The third-order valence-electron chi connectivity index (χ3n) is 3.13. The van der Waals surface area contributed by atoms with Crippen LogP contribution >= 0.6 is 11.3 Å². The molecule has 0 atom stereocenters. The lowest BCUT2D eigenvalue weighted by atomic mass is 10.1. The Kier molecular flexibility index (Phi) is 2.89. The second kappa shape index (κ2) is 4.55. The lowest BCUT2D eigenvalue weighted by molar-refractivity contribution is 0.708. The first-order valence-electron chi connectivity index (χ1n) is 5.99. The zero-order chi connectivity index (χ0) is 12.5. The van der Waals surface area contributed by atoms with Crippen molar-refractivity contribution in [3.8, 4) is 11.3 Å². The van der Waals surface area contributed by atoms with Crippen LogP contribution in [-0.4, -0.2) is 16.3 Å². The Morgan fingerprint density at radius 3 is 3.00 bits per heavy atom. The molecular formula is C14H15N3S. The van der Waals surface area contributed by atoms with Crippen molar-refractivity contribution in [3.63, 3.8) is 0 Å². The molecule has 0 saturated carbocycles. The van der Waals surface area contributed by atoms with Gasteiger partial charge in [-0.3, -0.25) is 4.68 Å². The molecule has 0 spiro atoms. The smallest absolute Gasteiger partial charge is 0.0940 e. The maximum Gasteiger partial charge on any atom is 0.0940 e. The van der Waals surface area contributed by atoms with Crippen LogP contribution in [0.5, 0.6) is 0 Å². The predicted octanol–water partition coefficient (Wildman–Crippen LogP) is 2.80. The normalized spacial score (nSPS) is 11.2. The number of fused-ring (bicyclic) bond motifs is 1. The molecule has 18 heavy (non-hydrogen) atoms. The number of aromatic nitrogens is 2. The van der Waals surface area contributed by atoms with Crippen LogP contribution in [0.1, 0.15) is 5.69 Å². The number of rotatable bonds is 3. The summed E-state index contributed by atoms with van der Waals surface area (Å²) in [4.78, 5) is 0. The summed E-state index contributed by atoms with van der Waals surface area (Å²) < 4.78 is 3.23. The number of nitrogens with two attached hydrogens (primary N) is 1. The van der Waals surface area contributed by atoms with Crippen LogP contribution in [0.3, 0.4) is 0 Å². The fraction of sp³-hybridized carbons (Fsp3) is 0.214. The van der Waals surface area contributed by atoms with E-state index in [1.54, 1.807) is 11.3 Å². The molecule has 3 nitrogen and oxygen atoms in total. The SMILES string of the molecule is Cn1nc(-c2csc3ccccc23)cc1CCN. The first-order chi connectivity index (χ1) is 8.79. The van der Waals surface area contributed by atoms with E-state index in [-0.39, 0.29) is 0 Å². The number of benzene rings is 1. The summed E-state index contributed by atoms with van der Waals surface area (Å²) in [6, 6.07) is 10.6. The van der Waals surface area contributed by atoms with Gasteiger partial charge in [0.05, 0.1) is 5.69 Å². The minimum Gasteiger partial charge on any atom is -0.330 e. The lowest BCUT2D eigenvalue weighted by Gasteiger charge is -1.96. The van der Waals surface area contributed by atoms with Crippen LogP contribution < -0.4 is 5.73 Å². The van der Waals surface area contributed by atoms with E-state index in [9.17, 15) is 0 Å². The van der Waals surface area contributed by atoms with E-state index in [1.165, 1.54) is 21.3 Å². The van der Waals surface area contributed by atoms with E-state index in [4.69, 9.17) is 5.73 Å². The number of hydrogen-bond donors (Lipinski definition) is 1. The predicted molar refractivity (Wildman–Crippen MR) is 76.8 cm³/mol. The number of thiophene rings is 1. The molecule has 1 aromatic carbocycles. The van der Waals surface area contributed by atoms with Crippen LogP contribution in [0.4, 0.5) is 0 Å². The number of nitrogens with zero attached hydrogens (tertiary/aromatic N) is 2. The van der Waals surface area contributed by atoms with Gasteiger partial charge in [-0.15, -0.1) is 11.3 Å². The molecule has 2 N–H and O–H groups in total. The largest absolute Gasteiger partial charge is 0.330 e. The summed E-state index contributed by atoms with van der Waals surface area (Å²) in [7, 11) is 1.98. The monoisotopic (exact) mass is 257 g/mol. The van der Waals surface area contributed by atoms with E-state index in [0.717, 1.165) is 12.1 Å². The molecule has 0 aliphatic rings. The van der Waals surface area contributed by atoms with Crippen LogP contribution in [0.2, 0.25) is 0 Å². The third-order valence-corrected chi connectivity index (χ3v) is 4.10. The highest BCUT2D eigenvalue weighted by Crippen LogP contribution is 2.33. The summed E-state index contributed by atoms with van der Waals surface area (Å²) in [5.41, 5.74) is 9.05. The van der Waals surface area contributed by atoms with Crippen molar-refractivity contribution in [2.75, 3.05) is 6.54 Å². The standard InChI is InChI=1S/C14H15N3S/c1-17-10(6-7-15)8-13(16-17)12-9-18-14-5-3-2-4-11(12)14/h2-5,8-9H,6-7,15H2,1H3. The number of aryl methyl sites for hydroxylation is 1. The van der Waals surface area contributed by atoms with Gasteiger partial charge in [0.1, 0.15) is 0 Å². The lowest BCUT2D eigenvalue weighted by Crippen LogP contribution is -2.06. The van der Waals surface area contributed by atoms with Gasteiger partial charge in [-0.2, -0.15) is 5.10 Å². The molecule has 3 rings (SSSR count). The van der Waals surface area contributed by atoms with Gasteiger partial charge in [-0.1, -0.05) is 18.2 Å². The molecule has 0 unspecified atom stereocenters. The molecular weight excluding hydrogens is 242 g/mol. The Bertz CT molecular complexity index is 681. The van der Waals surface area contributed by atoms with E-state index >= 15 is 0 Å². The van der Waals surface area contributed by atoms with Gasteiger partial charge in [0.2, 0.25) is 0 Å². The minimum atomic E-state index is 0.656. The highest BCUT2D eigenvalue weighted by atomic mass is 32.1. The van der Waals surface area contributed by atoms with E-state index in [2.05, 4.69) is 40.8 Å². The quantitative estimate of drug-likeness (QED) is 0.784. The Labute approximate surface area is 110 Å². The van der Waals surface area contributed by atoms with Crippen molar-refractivity contribution in [2.24, 2.45) is 12.8 Å². The second-order valence-electron chi connectivity index (χ2n) is 4.33. The zero-order valence-corrected chi connectivity index (χ0v) is 11.1. The Hall–Kier alpha value is -1.65. The Morgan fingerprint density at radius 1 is 1.33 bits per heavy atom. The van der Waals surface area contributed by atoms with Crippen LogP contribution in [-0.2, 0) is 13.5 Å². The third kappa shape index (κ3) is 1.83. The molecule has 0 aliphatic carbocycles. The maximum absolute atomic E-state index is 5.61. The van der Waals surface area contributed by atoms with E-state index in [1.807, 2.05) is 11.7 Å². The molecule has 0 fully saturated rings. The first kappa shape index (κ1) is 11.4. The maximum atomic E-state index is 5.61.